The van der Waals surface area contributed by atoms with E-state index < -0.39 is 0 Å². The zero-order valence-corrected chi connectivity index (χ0v) is 4.42. The van der Waals surface area contributed by atoms with Gasteiger partial charge in [0.25, 0.3) is 0 Å². The van der Waals surface area contributed by atoms with E-state index in [1.807, 2.05) is 12.5 Å². The quantitative estimate of drug-likeness (QED) is 0.354. The summed E-state index contributed by atoms with van der Waals surface area (Å²) in [4.78, 5) is 0. The van der Waals surface area contributed by atoms with Gasteiger partial charge in [-0.2, -0.15) is 0 Å². The van der Waals surface area contributed by atoms with Gasteiger partial charge in [-0.05, 0) is 5.76 Å². The molecule has 1 aliphatic rings. The molecule has 0 spiro atoms. The van der Waals surface area contributed by atoms with Crippen molar-refractivity contribution in [1.82, 2.24) is 0 Å². The normalized spacial score (nSPS) is 15.2. The molecule has 8 heavy (non-hydrogen) atoms. The second kappa shape index (κ2) is 1.78. The van der Waals surface area contributed by atoms with E-state index in [0.29, 0.717) is 5.57 Å². The lowest BCUT2D eigenvalue weighted by molar-refractivity contribution is -0.295. The third-order valence-corrected chi connectivity index (χ3v) is 0.985. The number of hydrogen-bond acceptors (Lipinski definition) is 1. The minimum atomic E-state index is -0.116. The minimum Gasteiger partial charge on any atom is -0.862 e. The minimum absolute atomic E-state index is 0.116. The van der Waals surface area contributed by atoms with Crippen molar-refractivity contribution in [2.45, 2.75) is 0 Å². The number of allylic oxidation sites excluding steroid dienone is 3. The summed E-state index contributed by atoms with van der Waals surface area (Å²) in [5.41, 5.74) is 0.685. The molecule has 0 N–H and O–H groups in total. The Morgan fingerprint density at radius 1 is 1.75 bits per heavy atom. The molecule has 40 valence electrons. The second-order valence-electron chi connectivity index (χ2n) is 1.60. The standard InChI is InChI=1S/C7H6O/c1-6(8)7-4-2-3-5-7/h2-5H,1H2. The van der Waals surface area contributed by atoms with Gasteiger partial charge in [0.15, 0.2) is 0 Å². The van der Waals surface area contributed by atoms with Gasteiger partial charge in [-0.25, -0.2) is 0 Å². The highest BCUT2D eigenvalue weighted by Gasteiger charge is 2.02. The van der Waals surface area contributed by atoms with Crippen LogP contribution in [0.25, 0.3) is 0 Å². The summed E-state index contributed by atoms with van der Waals surface area (Å²) in [6.07, 6.45) is 7.13. The molecule has 0 aromatic heterocycles. The molecular weight excluding hydrogens is 100 g/mol. The first-order valence-corrected chi connectivity index (χ1v) is 2.39. The molecule has 0 aliphatic heterocycles. The van der Waals surface area contributed by atoms with Crippen molar-refractivity contribution >= 4 is 0 Å². The Labute approximate surface area is 48.6 Å². The van der Waals surface area contributed by atoms with E-state index in [1.165, 1.54) is 0 Å². The van der Waals surface area contributed by atoms with Gasteiger partial charge in [0.2, 0.25) is 0 Å². The Kier molecular flexibility index (Phi) is 1.12. The fraction of sp³-hybridized carbons (Fsp3) is 0. The van der Waals surface area contributed by atoms with Crippen LogP contribution < -0.4 is 5.11 Å². The molecule has 0 unspecified atom stereocenters. The highest BCUT2D eigenvalue weighted by Crippen LogP contribution is 2.10. The summed E-state index contributed by atoms with van der Waals surface area (Å²) in [5.74, 6) is -0.116. The molecule has 0 heterocycles. The van der Waals surface area contributed by atoms with E-state index in [1.54, 1.807) is 12.2 Å². The fourth-order valence-corrected chi connectivity index (χ4v) is 0.560. The third-order valence-electron chi connectivity index (χ3n) is 0.985. The molecule has 0 bridgehead atoms. The highest BCUT2D eigenvalue weighted by molar-refractivity contribution is 5.42. The molecule has 0 amide bonds. The second-order valence-corrected chi connectivity index (χ2v) is 1.60. The van der Waals surface area contributed by atoms with Gasteiger partial charge in [-0.15, -0.1) is 0 Å². The molecular formula is C7H6O. The van der Waals surface area contributed by atoms with Crippen molar-refractivity contribution in [2.24, 2.45) is 0 Å². The van der Waals surface area contributed by atoms with Crippen LogP contribution in [0.4, 0.5) is 0 Å². The van der Waals surface area contributed by atoms with Crippen molar-refractivity contribution in [3.8, 4) is 0 Å². The van der Waals surface area contributed by atoms with Crippen molar-refractivity contribution in [3.05, 3.63) is 42.6 Å². The number of hydrogen-bond donors (Lipinski definition) is 0. The van der Waals surface area contributed by atoms with E-state index in [-0.39, 0.29) is 5.76 Å². The molecule has 0 aromatic carbocycles. The van der Waals surface area contributed by atoms with E-state index in [2.05, 4.69) is 6.58 Å². The van der Waals surface area contributed by atoms with Crippen LogP contribution in [0.3, 0.4) is 0 Å². The SMILES string of the molecule is C=C([O-])C1=C[CH+]C=C1. The van der Waals surface area contributed by atoms with E-state index in [0.717, 1.165) is 0 Å². The molecule has 0 saturated carbocycles. The van der Waals surface area contributed by atoms with Crippen LogP contribution in [0.2, 0.25) is 0 Å². The molecule has 0 atom stereocenters. The Balaban J connectivity index is 2.72. The maximum Gasteiger partial charge on any atom is 0.109 e. The molecule has 0 fully saturated rings. The maximum atomic E-state index is 10.4. The van der Waals surface area contributed by atoms with Crippen molar-refractivity contribution in [3.63, 3.8) is 0 Å². The molecule has 1 nitrogen and oxygen atoms in total. The van der Waals surface area contributed by atoms with Crippen LogP contribution in [0.15, 0.2) is 36.1 Å². The topological polar surface area (TPSA) is 23.1 Å². The van der Waals surface area contributed by atoms with Gasteiger partial charge >= 0.3 is 0 Å². The molecule has 0 aromatic rings. The first kappa shape index (κ1) is 5.04. The lowest BCUT2D eigenvalue weighted by atomic mass is 10.3. The predicted molar refractivity (Wildman–Crippen MR) is 30.7 cm³/mol. The molecule has 1 heteroatoms. The smallest absolute Gasteiger partial charge is 0.109 e. The maximum absolute atomic E-state index is 10.4. The summed E-state index contributed by atoms with van der Waals surface area (Å²) >= 11 is 0. The van der Waals surface area contributed by atoms with E-state index in [4.69, 9.17) is 0 Å². The van der Waals surface area contributed by atoms with Crippen molar-refractivity contribution in [1.29, 1.82) is 0 Å². The van der Waals surface area contributed by atoms with Crippen LogP contribution in [-0.2, 0) is 0 Å². The fourth-order valence-electron chi connectivity index (χ4n) is 0.560. The average molecular weight is 106 g/mol. The van der Waals surface area contributed by atoms with Gasteiger partial charge in [0, 0.05) is 6.42 Å². The largest absolute Gasteiger partial charge is 0.862 e. The summed E-state index contributed by atoms with van der Waals surface area (Å²) in [6, 6.07) is 0. The highest BCUT2D eigenvalue weighted by atomic mass is 16.3. The third kappa shape index (κ3) is 0.757. The lowest BCUT2D eigenvalue weighted by Crippen LogP contribution is -2.01. The lowest BCUT2D eigenvalue weighted by Gasteiger charge is -1.98. The zero-order valence-electron chi connectivity index (χ0n) is 4.42. The van der Waals surface area contributed by atoms with Gasteiger partial charge in [-0.1, -0.05) is 6.58 Å². The summed E-state index contributed by atoms with van der Waals surface area (Å²) in [6.45, 7) is 3.24. The predicted octanol–water partition coefficient (Wildman–Crippen LogP) is 0.561. The first-order valence-electron chi connectivity index (χ1n) is 2.39. The van der Waals surface area contributed by atoms with Gasteiger partial charge in [0.05, 0.1) is 18.2 Å². The molecule has 1 rings (SSSR count). The number of rotatable bonds is 1. The van der Waals surface area contributed by atoms with Crippen LogP contribution in [0.5, 0.6) is 0 Å². The monoisotopic (exact) mass is 106 g/mol. The van der Waals surface area contributed by atoms with Gasteiger partial charge in [-0.3, -0.25) is 0 Å². The Hall–Kier alpha value is -1.11. The summed E-state index contributed by atoms with van der Waals surface area (Å²) in [5, 5.41) is 10.4. The van der Waals surface area contributed by atoms with Crippen LogP contribution in [0, 0.1) is 6.42 Å². The summed E-state index contributed by atoms with van der Waals surface area (Å²) < 4.78 is 0. The van der Waals surface area contributed by atoms with E-state index >= 15 is 0 Å². The van der Waals surface area contributed by atoms with Crippen LogP contribution in [-0.4, -0.2) is 0 Å². The Bertz CT molecular complexity index is 163. The van der Waals surface area contributed by atoms with Gasteiger partial charge in [0.1, 0.15) is 5.57 Å². The summed E-state index contributed by atoms with van der Waals surface area (Å²) in [7, 11) is 0. The first-order chi connectivity index (χ1) is 3.80. The molecule has 0 saturated heterocycles. The average Bonchev–Trinajstić information content (AvgIpc) is 2.12. The van der Waals surface area contributed by atoms with Crippen molar-refractivity contribution in [2.75, 3.05) is 0 Å². The Morgan fingerprint density at radius 3 is 2.75 bits per heavy atom. The van der Waals surface area contributed by atoms with Crippen LogP contribution in [0.1, 0.15) is 0 Å². The molecule has 0 radical (unpaired) electrons. The van der Waals surface area contributed by atoms with Crippen LogP contribution >= 0.6 is 0 Å². The zero-order chi connectivity index (χ0) is 5.98. The Morgan fingerprint density at radius 2 is 2.50 bits per heavy atom. The van der Waals surface area contributed by atoms with Gasteiger partial charge < -0.3 is 5.11 Å². The van der Waals surface area contributed by atoms with E-state index in [9.17, 15) is 5.11 Å². The van der Waals surface area contributed by atoms with Crippen molar-refractivity contribution < 1.29 is 5.11 Å². The molecule has 1 aliphatic carbocycles.